The minimum absolute atomic E-state index is 0. The van der Waals surface area contributed by atoms with Crippen molar-refractivity contribution >= 4 is 49.4 Å². The first kappa shape index (κ1) is 9.42. The molecule has 0 atom stereocenters. The number of benzene rings is 1. The fraction of sp³-hybridized carbons (Fsp3) is 0. The van der Waals surface area contributed by atoms with Gasteiger partial charge in [-0.05, 0) is 12.1 Å². The Hall–Kier alpha value is -1.14. The smallest absolute Gasteiger partial charge is 0.227 e. The second kappa shape index (κ2) is 3.21. The van der Waals surface area contributed by atoms with E-state index in [0.29, 0.717) is 5.95 Å². The highest BCUT2D eigenvalue weighted by molar-refractivity contribution is 8.93. The number of nitrogens with zero attached hydrogens (tertiary/aromatic N) is 3. The van der Waals surface area contributed by atoms with Gasteiger partial charge in [-0.15, -0.1) is 27.2 Å². The topological polar surface area (TPSA) is 56.2 Å². The van der Waals surface area contributed by atoms with Crippen LogP contribution in [-0.2, 0) is 0 Å². The van der Waals surface area contributed by atoms with Crippen molar-refractivity contribution in [3.8, 4) is 0 Å². The van der Waals surface area contributed by atoms with Crippen LogP contribution in [0.3, 0.4) is 0 Å². The van der Waals surface area contributed by atoms with E-state index in [2.05, 4.69) is 10.2 Å². The molecule has 0 saturated heterocycles. The second-order valence-corrected chi connectivity index (χ2v) is 3.76. The quantitative estimate of drug-likeness (QED) is 0.681. The molecule has 2 N–H and O–H groups in total. The number of hydrogen-bond acceptors (Lipinski definition) is 4. The zero-order valence-corrected chi connectivity index (χ0v) is 9.57. The first-order valence-electron chi connectivity index (χ1n) is 3.84. The first-order chi connectivity index (χ1) is 6.36. The van der Waals surface area contributed by atoms with Gasteiger partial charge in [0.2, 0.25) is 10.9 Å². The summed E-state index contributed by atoms with van der Waals surface area (Å²) in [4.78, 5) is 0.846. The molecule has 0 aliphatic rings. The molecular formula is C8H7BrN4S. The molecule has 6 heteroatoms. The lowest BCUT2D eigenvalue weighted by molar-refractivity contribution is 1.12. The lowest BCUT2D eigenvalue weighted by atomic mass is 10.3. The van der Waals surface area contributed by atoms with Crippen molar-refractivity contribution in [3.63, 3.8) is 0 Å². The summed E-state index contributed by atoms with van der Waals surface area (Å²) in [6, 6.07) is 8.04. The number of para-hydroxylation sites is 1. The van der Waals surface area contributed by atoms with Crippen LogP contribution in [0.25, 0.3) is 15.2 Å². The van der Waals surface area contributed by atoms with E-state index in [0.717, 1.165) is 10.5 Å². The molecule has 14 heavy (non-hydrogen) atoms. The first-order valence-corrected chi connectivity index (χ1v) is 4.66. The monoisotopic (exact) mass is 270 g/mol. The highest BCUT2D eigenvalue weighted by Crippen LogP contribution is 2.26. The third kappa shape index (κ3) is 1.11. The third-order valence-corrected chi connectivity index (χ3v) is 2.98. The maximum atomic E-state index is 5.68. The van der Waals surface area contributed by atoms with E-state index in [-0.39, 0.29) is 17.0 Å². The predicted molar refractivity (Wildman–Crippen MR) is 63.1 cm³/mol. The summed E-state index contributed by atoms with van der Waals surface area (Å²) in [5.74, 6) is 0.451. The lowest BCUT2D eigenvalue weighted by Gasteiger charge is -1.90. The molecule has 0 fully saturated rings. The van der Waals surface area contributed by atoms with E-state index in [1.165, 1.54) is 4.70 Å². The van der Waals surface area contributed by atoms with Crippen molar-refractivity contribution in [2.45, 2.75) is 0 Å². The molecule has 2 heterocycles. The van der Waals surface area contributed by atoms with Crippen molar-refractivity contribution < 1.29 is 0 Å². The molecule has 0 spiro atoms. The molecule has 4 nitrogen and oxygen atoms in total. The SMILES string of the molecule is Br.Nc1nnc2sc3ccccc3n12. The number of hydrogen-bond donors (Lipinski definition) is 1. The van der Waals surface area contributed by atoms with E-state index in [4.69, 9.17) is 5.73 Å². The van der Waals surface area contributed by atoms with E-state index >= 15 is 0 Å². The van der Waals surface area contributed by atoms with Crippen molar-refractivity contribution in [1.29, 1.82) is 0 Å². The van der Waals surface area contributed by atoms with Crippen LogP contribution in [0.2, 0.25) is 0 Å². The Morgan fingerprint density at radius 1 is 1.21 bits per heavy atom. The maximum absolute atomic E-state index is 5.68. The summed E-state index contributed by atoms with van der Waals surface area (Å²) in [5.41, 5.74) is 6.76. The van der Waals surface area contributed by atoms with Gasteiger partial charge in [0.15, 0.2) is 0 Å². The Morgan fingerprint density at radius 3 is 2.86 bits per heavy atom. The van der Waals surface area contributed by atoms with Crippen molar-refractivity contribution in [1.82, 2.24) is 14.6 Å². The molecule has 0 bridgehead atoms. The van der Waals surface area contributed by atoms with Crippen molar-refractivity contribution in [3.05, 3.63) is 24.3 Å². The standard InChI is InChI=1S/C8H6N4S.BrH/c9-7-10-11-8-12(7)5-3-1-2-4-6(5)13-8;/h1-4H,(H2,9,10);1H. The Morgan fingerprint density at radius 2 is 2.00 bits per heavy atom. The van der Waals surface area contributed by atoms with Gasteiger partial charge in [0.1, 0.15) is 0 Å². The maximum Gasteiger partial charge on any atom is 0.227 e. The minimum atomic E-state index is 0. The number of fused-ring (bicyclic) bond motifs is 3. The van der Waals surface area contributed by atoms with Crippen molar-refractivity contribution in [2.24, 2.45) is 0 Å². The number of anilines is 1. The van der Waals surface area contributed by atoms with Gasteiger partial charge < -0.3 is 5.73 Å². The molecule has 1 aromatic carbocycles. The predicted octanol–water partition coefficient (Wildman–Crippen LogP) is 2.10. The van der Waals surface area contributed by atoms with Gasteiger partial charge in [-0.2, -0.15) is 0 Å². The highest BCUT2D eigenvalue weighted by Gasteiger charge is 2.08. The molecule has 0 aliphatic heterocycles. The van der Waals surface area contributed by atoms with Gasteiger partial charge >= 0.3 is 0 Å². The molecule has 0 radical (unpaired) electrons. The van der Waals surface area contributed by atoms with Crippen LogP contribution in [0.5, 0.6) is 0 Å². The summed E-state index contributed by atoms with van der Waals surface area (Å²) >= 11 is 1.59. The van der Waals surface area contributed by atoms with E-state index in [1.54, 1.807) is 11.3 Å². The van der Waals surface area contributed by atoms with Crippen molar-refractivity contribution in [2.75, 3.05) is 5.73 Å². The summed E-state index contributed by atoms with van der Waals surface area (Å²) in [7, 11) is 0. The molecule has 2 aromatic heterocycles. The van der Waals surface area contributed by atoms with E-state index < -0.39 is 0 Å². The zero-order valence-electron chi connectivity index (χ0n) is 7.04. The normalized spacial score (nSPS) is 10.6. The number of thiazole rings is 1. The van der Waals surface area contributed by atoms with Gasteiger partial charge in [-0.25, -0.2) is 0 Å². The number of halogens is 1. The number of rotatable bonds is 0. The summed E-state index contributed by atoms with van der Waals surface area (Å²) in [6.45, 7) is 0. The van der Waals surface area contributed by atoms with Crippen LogP contribution in [-0.4, -0.2) is 14.6 Å². The Labute approximate surface area is 94.1 Å². The molecule has 3 aromatic rings. The van der Waals surface area contributed by atoms with Crippen LogP contribution in [0.15, 0.2) is 24.3 Å². The minimum Gasteiger partial charge on any atom is -0.368 e. The molecule has 0 unspecified atom stereocenters. The lowest BCUT2D eigenvalue weighted by Crippen LogP contribution is -1.91. The Bertz CT molecular complexity index is 585. The number of aromatic nitrogens is 3. The highest BCUT2D eigenvalue weighted by atomic mass is 79.9. The molecule has 0 aliphatic carbocycles. The summed E-state index contributed by atoms with van der Waals surface area (Å²) in [6.07, 6.45) is 0. The van der Waals surface area contributed by atoms with Gasteiger partial charge in [0.25, 0.3) is 0 Å². The zero-order chi connectivity index (χ0) is 8.84. The molecule has 72 valence electrons. The van der Waals surface area contributed by atoms with Gasteiger partial charge in [0.05, 0.1) is 10.2 Å². The summed E-state index contributed by atoms with van der Waals surface area (Å²) in [5, 5.41) is 7.77. The molecule has 0 saturated carbocycles. The average molecular weight is 271 g/mol. The average Bonchev–Trinajstić information content (AvgIpc) is 2.66. The fourth-order valence-corrected chi connectivity index (χ4v) is 2.37. The van der Waals surface area contributed by atoms with Gasteiger partial charge in [-0.3, -0.25) is 4.40 Å². The van der Waals surface area contributed by atoms with Crippen LogP contribution < -0.4 is 5.73 Å². The summed E-state index contributed by atoms with van der Waals surface area (Å²) < 4.78 is 3.04. The largest absolute Gasteiger partial charge is 0.368 e. The van der Waals surface area contributed by atoms with Crippen LogP contribution >= 0.6 is 28.3 Å². The van der Waals surface area contributed by atoms with Crippen LogP contribution in [0.1, 0.15) is 0 Å². The molecule has 0 amide bonds. The molecular weight excluding hydrogens is 264 g/mol. The number of nitrogens with two attached hydrogens (primary N) is 1. The fourth-order valence-electron chi connectivity index (χ4n) is 1.40. The number of nitrogen functional groups attached to an aromatic ring is 1. The van der Waals surface area contributed by atoms with E-state index in [1.807, 2.05) is 28.7 Å². The van der Waals surface area contributed by atoms with Gasteiger partial charge in [-0.1, -0.05) is 23.5 Å². The Balaban J connectivity index is 0.000000750. The van der Waals surface area contributed by atoms with Gasteiger partial charge in [0, 0.05) is 0 Å². The Kier molecular flexibility index (Phi) is 2.16. The van der Waals surface area contributed by atoms with E-state index in [9.17, 15) is 0 Å². The second-order valence-electron chi connectivity index (χ2n) is 2.75. The third-order valence-electron chi connectivity index (χ3n) is 1.97. The molecule has 3 rings (SSSR count). The van der Waals surface area contributed by atoms with Crippen LogP contribution in [0.4, 0.5) is 5.95 Å². The van der Waals surface area contributed by atoms with Crippen LogP contribution in [0, 0.1) is 0 Å².